The van der Waals surface area contributed by atoms with Crippen molar-refractivity contribution in [2.45, 2.75) is 12.8 Å². The quantitative estimate of drug-likeness (QED) is 0.135. The second-order valence-corrected chi connectivity index (χ2v) is 21.0. The standard InChI is InChI=1S/C75H49N5/c1-6-18-49(19-7-1)55-30-36-69-61(42-55)62-43-56(50-20-8-2-9-21-50)31-37-70(62)78(69)59-34-40-73-65(46-59)66-47-60(35-41-74(66)80(73)75-76-67(53-26-14-5-15-27-53)48-68(77-75)54-28-16-17-29-54)79-71-38-32-57(51-22-10-3-11-23-51)44-63(71)64-45-58(33-39-72(64)79)52-24-12-4-13-25-52/h1-4,6-14,16,18-48H,5,15H2. The summed E-state index contributed by atoms with van der Waals surface area (Å²) in [5, 5.41) is 7.01. The lowest BCUT2D eigenvalue weighted by Gasteiger charge is -2.14. The van der Waals surface area contributed by atoms with Crippen molar-refractivity contribution in [3.63, 3.8) is 0 Å². The Morgan fingerprint density at radius 1 is 0.325 bits per heavy atom. The first kappa shape index (κ1) is 45.6. The molecule has 0 spiro atoms. The maximum atomic E-state index is 5.46. The summed E-state index contributed by atoms with van der Waals surface area (Å²) >= 11 is 0. The van der Waals surface area contributed by atoms with E-state index in [4.69, 9.17) is 9.97 Å². The van der Waals surface area contributed by atoms with Gasteiger partial charge in [0.2, 0.25) is 5.95 Å². The molecule has 0 saturated heterocycles. The third-order valence-electron chi connectivity index (χ3n) is 16.3. The van der Waals surface area contributed by atoms with Crippen molar-refractivity contribution in [1.82, 2.24) is 23.7 Å². The van der Waals surface area contributed by atoms with Gasteiger partial charge in [0.25, 0.3) is 0 Å². The predicted octanol–water partition coefficient (Wildman–Crippen LogP) is 19.3. The van der Waals surface area contributed by atoms with Gasteiger partial charge in [-0.3, -0.25) is 4.57 Å². The topological polar surface area (TPSA) is 40.6 Å². The van der Waals surface area contributed by atoms with Gasteiger partial charge in [0.15, 0.2) is 0 Å². The minimum Gasteiger partial charge on any atom is -0.309 e. The Hall–Kier alpha value is -10.6. The van der Waals surface area contributed by atoms with Gasteiger partial charge in [-0.2, -0.15) is 0 Å². The summed E-state index contributed by atoms with van der Waals surface area (Å²) < 4.78 is 7.18. The maximum Gasteiger partial charge on any atom is 0.235 e. The van der Waals surface area contributed by atoms with Crippen LogP contribution in [-0.4, -0.2) is 23.7 Å². The van der Waals surface area contributed by atoms with Gasteiger partial charge in [-0.05, 0) is 172 Å². The Morgan fingerprint density at radius 2 is 0.700 bits per heavy atom. The molecule has 4 aromatic heterocycles. The average Bonchev–Trinajstić information content (AvgIpc) is 4.37. The summed E-state index contributed by atoms with van der Waals surface area (Å²) in [5.74, 6) is 0.622. The lowest BCUT2D eigenvalue weighted by atomic mass is 10.0. The van der Waals surface area contributed by atoms with Crippen LogP contribution in [0.2, 0.25) is 0 Å². The molecule has 2 aliphatic rings. The van der Waals surface area contributed by atoms with Crippen LogP contribution in [0.5, 0.6) is 0 Å². The summed E-state index contributed by atoms with van der Waals surface area (Å²) in [4.78, 5) is 10.9. The van der Waals surface area contributed by atoms with Crippen LogP contribution < -0.4 is 0 Å². The summed E-state index contributed by atoms with van der Waals surface area (Å²) in [7, 11) is 0. The predicted molar refractivity (Wildman–Crippen MR) is 334 cm³/mol. The zero-order valence-electron chi connectivity index (χ0n) is 43.6. The van der Waals surface area contributed by atoms with Crippen LogP contribution >= 0.6 is 0 Å². The second kappa shape index (κ2) is 18.6. The number of fused-ring (bicyclic) bond motifs is 9. The van der Waals surface area contributed by atoms with Crippen LogP contribution in [0.4, 0.5) is 0 Å². The van der Waals surface area contributed by atoms with Crippen molar-refractivity contribution in [3.8, 4) is 61.8 Å². The van der Waals surface area contributed by atoms with Gasteiger partial charge in [0.05, 0.1) is 44.5 Å². The molecule has 2 aliphatic carbocycles. The van der Waals surface area contributed by atoms with E-state index < -0.39 is 0 Å². The van der Waals surface area contributed by atoms with Crippen molar-refractivity contribution >= 4 is 76.6 Å². The van der Waals surface area contributed by atoms with Crippen LogP contribution in [0, 0.1) is 0 Å². The number of rotatable bonds is 9. The van der Waals surface area contributed by atoms with Crippen molar-refractivity contribution in [2.24, 2.45) is 0 Å². The minimum atomic E-state index is 0.622. The highest BCUT2D eigenvalue weighted by atomic mass is 15.2. The fraction of sp³-hybridized carbons (Fsp3) is 0.0267. The lowest BCUT2D eigenvalue weighted by Crippen LogP contribution is -2.06. The largest absolute Gasteiger partial charge is 0.309 e. The van der Waals surface area contributed by atoms with Gasteiger partial charge in [0.1, 0.15) is 0 Å². The molecule has 0 atom stereocenters. The average molecular weight is 1020 g/mol. The number of benzene rings is 10. The fourth-order valence-corrected chi connectivity index (χ4v) is 12.5. The molecule has 5 heteroatoms. The monoisotopic (exact) mass is 1020 g/mol. The third-order valence-corrected chi connectivity index (χ3v) is 16.3. The van der Waals surface area contributed by atoms with Gasteiger partial charge in [-0.1, -0.05) is 164 Å². The van der Waals surface area contributed by atoms with Crippen LogP contribution in [0.15, 0.2) is 279 Å². The van der Waals surface area contributed by atoms with E-state index >= 15 is 0 Å². The van der Waals surface area contributed by atoms with Gasteiger partial charge >= 0.3 is 0 Å². The number of aromatic nitrogens is 5. The Morgan fingerprint density at radius 3 is 1.07 bits per heavy atom. The molecular weight excluding hydrogens is 971 g/mol. The molecule has 10 aromatic carbocycles. The van der Waals surface area contributed by atoms with Crippen molar-refractivity contribution in [2.75, 3.05) is 0 Å². The first-order chi connectivity index (χ1) is 39.6. The minimum absolute atomic E-state index is 0.622. The molecule has 0 unspecified atom stereocenters. The molecule has 0 amide bonds. The molecule has 0 saturated carbocycles. The van der Waals surface area contributed by atoms with Gasteiger partial charge in [-0.25, -0.2) is 9.97 Å². The number of nitrogens with zero attached hydrogens (tertiary/aromatic N) is 5. The van der Waals surface area contributed by atoms with Crippen LogP contribution in [0.1, 0.15) is 24.2 Å². The Labute approximate surface area is 462 Å². The molecule has 5 nitrogen and oxygen atoms in total. The lowest BCUT2D eigenvalue weighted by molar-refractivity contribution is 0.966. The SMILES string of the molecule is C1=CC=C(c2cc(C3=CCCC=C3)nc(-n3c4ccc(-n5c6ccc(-c7ccccc7)cc6c6cc(-c7ccccc7)ccc65)cc4c4cc(-n5c6ccc(-c7ccccc7)cc6c6cc(-c7ccccc7)ccc65)ccc43)n2)C=1. The van der Waals surface area contributed by atoms with Crippen molar-refractivity contribution in [1.29, 1.82) is 0 Å². The molecule has 0 N–H and O–H groups in total. The van der Waals surface area contributed by atoms with Crippen molar-refractivity contribution in [3.05, 3.63) is 290 Å². The van der Waals surface area contributed by atoms with E-state index in [0.717, 1.165) is 90.6 Å². The highest BCUT2D eigenvalue weighted by Gasteiger charge is 2.23. The highest BCUT2D eigenvalue weighted by molar-refractivity contribution is 6.15. The Balaban J connectivity index is 0.960. The summed E-state index contributed by atoms with van der Waals surface area (Å²) in [5.41, 5.74) is 25.4. The number of allylic oxidation sites excluding steroid dienone is 7. The molecule has 0 fully saturated rings. The highest BCUT2D eigenvalue weighted by Crippen LogP contribution is 2.43. The van der Waals surface area contributed by atoms with E-state index in [1.54, 1.807) is 0 Å². The first-order valence-corrected chi connectivity index (χ1v) is 27.5. The zero-order chi connectivity index (χ0) is 52.7. The Bertz CT molecular complexity index is 4550. The molecule has 80 heavy (non-hydrogen) atoms. The molecule has 4 heterocycles. The van der Waals surface area contributed by atoms with Crippen molar-refractivity contribution < 1.29 is 0 Å². The molecule has 0 radical (unpaired) electrons. The van der Waals surface area contributed by atoms with E-state index in [0.29, 0.717) is 5.95 Å². The first-order valence-electron chi connectivity index (χ1n) is 27.5. The molecule has 16 rings (SSSR count). The molecule has 0 bridgehead atoms. The normalized spacial score (nSPS) is 13.2. The smallest absolute Gasteiger partial charge is 0.235 e. The van der Waals surface area contributed by atoms with E-state index in [9.17, 15) is 0 Å². The number of hydrogen-bond acceptors (Lipinski definition) is 2. The van der Waals surface area contributed by atoms with E-state index in [1.165, 1.54) is 66.1 Å². The maximum absolute atomic E-state index is 5.46. The van der Waals surface area contributed by atoms with E-state index in [1.807, 2.05) is 12.2 Å². The number of hydrogen-bond donors (Lipinski definition) is 0. The van der Waals surface area contributed by atoms with Gasteiger partial charge in [-0.15, -0.1) is 5.73 Å². The van der Waals surface area contributed by atoms with Gasteiger partial charge < -0.3 is 9.13 Å². The van der Waals surface area contributed by atoms with Gasteiger partial charge in [0, 0.05) is 49.3 Å². The van der Waals surface area contributed by atoms with Crippen LogP contribution in [0.25, 0.3) is 138 Å². The second-order valence-electron chi connectivity index (χ2n) is 21.0. The van der Waals surface area contributed by atoms with E-state index in [2.05, 4.69) is 280 Å². The van der Waals surface area contributed by atoms with E-state index in [-0.39, 0.29) is 0 Å². The Kier molecular flexibility index (Phi) is 10.6. The molecule has 0 aliphatic heterocycles. The third kappa shape index (κ3) is 7.55. The molecular formula is C75H49N5. The van der Waals surface area contributed by atoms with Crippen LogP contribution in [0.3, 0.4) is 0 Å². The van der Waals surface area contributed by atoms with Crippen LogP contribution in [-0.2, 0) is 0 Å². The summed E-state index contributed by atoms with van der Waals surface area (Å²) in [6.07, 6.45) is 14.8. The summed E-state index contributed by atoms with van der Waals surface area (Å²) in [6, 6.07) is 86.6. The fourth-order valence-electron chi connectivity index (χ4n) is 12.5. The summed E-state index contributed by atoms with van der Waals surface area (Å²) in [6.45, 7) is 0. The zero-order valence-corrected chi connectivity index (χ0v) is 43.6. The molecule has 14 aromatic rings. The molecule has 374 valence electrons.